The quantitative estimate of drug-likeness (QED) is 0.777. The number of hydrogen-bond donors (Lipinski definition) is 1. The Balaban J connectivity index is 1.67. The number of nitrogens with zero attached hydrogens (tertiary/aromatic N) is 1. The molecule has 0 aromatic heterocycles. The Morgan fingerprint density at radius 1 is 1.00 bits per heavy atom. The van der Waals surface area contributed by atoms with Crippen LogP contribution in [-0.2, 0) is 4.74 Å². The molecule has 5 heteroatoms. The van der Waals surface area contributed by atoms with E-state index in [2.05, 4.69) is 10.2 Å². The zero-order valence-corrected chi connectivity index (χ0v) is 15.0. The Labute approximate surface area is 154 Å². The van der Waals surface area contributed by atoms with Crippen molar-refractivity contribution in [2.24, 2.45) is 0 Å². The topological polar surface area (TPSA) is 58.6 Å². The lowest BCUT2D eigenvalue weighted by molar-refractivity contribution is 0.0371. The van der Waals surface area contributed by atoms with Gasteiger partial charge in [0.05, 0.1) is 26.3 Å². The van der Waals surface area contributed by atoms with Crippen molar-refractivity contribution in [1.29, 1.82) is 0 Å². The summed E-state index contributed by atoms with van der Waals surface area (Å²) in [5, 5.41) is 3.14. The van der Waals surface area contributed by atoms with Crippen LogP contribution >= 0.6 is 0 Å². The standard InChI is InChI=1S/C21H24N2O3/c1-16-5-4-6-17(13-16)22-14-20(24)18-7-2-3-8-19(18)21(25)15-23-9-11-26-12-10-23/h2-8,13,22H,9-12,14-15H2,1H3. The van der Waals surface area contributed by atoms with Crippen molar-refractivity contribution in [3.05, 3.63) is 65.2 Å². The van der Waals surface area contributed by atoms with Crippen LogP contribution in [0.5, 0.6) is 0 Å². The molecule has 1 heterocycles. The summed E-state index contributed by atoms with van der Waals surface area (Å²) >= 11 is 0. The minimum absolute atomic E-state index is 0.0218. The molecule has 0 aliphatic carbocycles. The molecule has 26 heavy (non-hydrogen) atoms. The summed E-state index contributed by atoms with van der Waals surface area (Å²) in [4.78, 5) is 27.4. The van der Waals surface area contributed by atoms with Gasteiger partial charge in [0, 0.05) is 29.9 Å². The molecule has 136 valence electrons. The molecule has 0 radical (unpaired) electrons. The van der Waals surface area contributed by atoms with Gasteiger partial charge in [-0.25, -0.2) is 0 Å². The first-order chi connectivity index (χ1) is 12.6. The summed E-state index contributed by atoms with van der Waals surface area (Å²) in [7, 11) is 0. The lowest BCUT2D eigenvalue weighted by Crippen LogP contribution is -2.39. The van der Waals surface area contributed by atoms with Gasteiger partial charge in [0.25, 0.3) is 0 Å². The summed E-state index contributed by atoms with van der Waals surface area (Å²) < 4.78 is 5.32. The number of ketones is 2. The van der Waals surface area contributed by atoms with Gasteiger partial charge in [-0.3, -0.25) is 14.5 Å². The van der Waals surface area contributed by atoms with Crippen LogP contribution in [0, 0.1) is 6.92 Å². The Kier molecular flexibility index (Phi) is 6.15. The second kappa shape index (κ2) is 8.74. The van der Waals surface area contributed by atoms with Gasteiger partial charge in [-0.1, -0.05) is 36.4 Å². The molecular weight excluding hydrogens is 328 g/mol. The maximum Gasteiger partial charge on any atom is 0.182 e. The minimum atomic E-state index is -0.0857. The van der Waals surface area contributed by atoms with Crippen LogP contribution in [0.15, 0.2) is 48.5 Å². The van der Waals surface area contributed by atoms with Gasteiger partial charge < -0.3 is 10.1 Å². The first kappa shape index (κ1) is 18.3. The number of carbonyl (C=O) groups is 2. The van der Waals surface area contributed by atoms with Crippen molar-refractivity contribution in [2.45, 2.75) is 6.92 Å². The first-order valence-corrected chi connectivity index (χ1v) is 8.89. The van der Waals surface area contributed by atoms with Gasteiger partial charge in [0.2, 0.25) is 0 Å². The summed E-state index contributed by atoms with van der Waals surface area (Å²) in [6.45, 7) is 5.27. The highest BCUT2D eigenvalue weighted by Crippen LogP contribution is 2.14. The van der Waals surface area contributed by atoms with Gasteiger partial charge in [0.1, 0.15) is 0 Å². The SMILES string of the molecule is Cc1cccc(NCC(=O)c2ccccc2C(=O)CN2CCOCC2)c1. The maximum absolute atomic E-state index is 12.7. The smallest absolute Gasteiger partial charge is 0.182 e. The van der Waals surface area contributed by atoms with E-state index in [0.29, 0.717) is 30.9 Å². The van der Waals surface area contributed by atoms with E-state index < -0.39 is 0 Å². The molecule has 1 saturated heterocycles. The number of Topliss-reactive ketones (excluding diaryl/α,β-unsaturated/α-hetero) is 2. The highest BCUT2D eigenvalue weighted by molar-refractivity contribution is 6.10. The van der Waals surface area contributed by atoms with Gasteiger partial charge in [0.15, 0.2) is 11.6 Å². The Hall–Kier alpha value is -2.50. The Bertz CT molecular complexity index is 782. The second-order valence-electron chi connectivity index (χ2n) is 6.50. The third kappa shape index (κ3) is 4.77. The minimum Gasteiger partial charge on any atom is -0.379 e. The summed E-state index contributed by atoms with van der Waals surface area (Å²) in [6, 6.07) is 14.9. The molecule has 0 atom stereocenters. The predicted octanol–water partition coefficient (Wildman–Crippen LogP) is 2.80. The van der Waals surface area contributed by atoms with Gasteiger partial charge >= 0.3 is 0 Å². The van der Waals surface area contributed by atoms with Crippen molar-refractivity contribution in [3.8, 4) is 0 Å². The van der Waals surface area contributed by atoms with E-state index in [1.165, 1.54) is 0 Å². The molecule has 0 saturated carbocycles. The van der Waals surface area contributed by atoms with Crippen molar-refractivity contribution in [2.75, 3.05) is 44.7 Å². The third-order valence-electron chi connectivity index (χ3n) is 4.47. The van der Waals surface area contributed by atoms with Crippen LogP contribution in [0.3, 0.4) is 0 Å². The molecule has 0 bridgehead atoms. The van der Waals surface area contributed by atoms with E-state index in [1.54, 1.807) is 24.3 Å². The fraction of sp³-hybridized carbons (Fsp3) is 0.333. The predicted molar refractivity (Wildman–Crippen MR) is 102 cm³/mol. The fourth-order valence-corrected chi connectivity index (χ4v) is 3.05. The van der Waals surface area contributed by atoms with E-state index in [1.807, 2.05) is 31.2 Å². The van der Waals surface area contributed by atoms with E-state index in [9.17, 15) is 9.59 Å². The molecule has 1 N–H and O–H groups in total. The van der Waals surface area contributed by atoms with Crippen molar-refractivity contribution >= 4 is 17.3 Å². The maximum atomic E-state index is 12.7. The van der Waals surface area contributed by atoms with Crippen LogP contribution in [0.4, 0.5) is 5.69 Å². The Morgan fingerprint density at radius 3 is 2.38 bits per heavy atom. The summed E-state index contributed by atoms with van der Waals surface area (Å²) in [5.41, 5.74) is 3.00. The van der Waals surface area contributed by atoms with Gasteiger partial charge in [-0.15, -0.1) is 0 Å². The zero-order valence-electron chi connectivity index (χ0n) is 15.0. The number of carbonyl (C=O) groups excluding carboxylic acids is 2. The van der Waals surface area contributed by atoms with Crippen molar-refractivity contribution in [3.63, 3.8) is 0 Å². The van der Waals surface area contributed by atoms with Gasteiger partial charge in [-0.2, -0.15) is 0 Å². The lowest BCUT2D eigenvalue weighted by Gasteiger charge is -2.26. The van der Waals surface area contributed by atoms with Crippen LogP contribution in [-0.4, -0.2) is 55.9 Å². The van der Waals surface area contributed by atoms with Crippen molar-refractivity contribution < 1.29 is 14.3 Å². The Morgan fingerprint density at radius 2 is 1.69 bits per heavy atom. The monoisotopic (exact) mass is 352 g/mol. The highest BCUT2D eigenvalue weighted by atomic mass is 16.5. The number of morpholine rings is 1. The molecule has 5 nitrogen and oxygen atoms in total. The number of aryl methyl sites for hydroxylation is 1. The second-order valence-corrected chi connectivity index (χ2v) is 6.50. The molecule has 3 rings (SSSR count). The molecule has 1 fully saturated rings. The number of anilines is 1. The van der Waals surface area contributed by atoms with Gasteiger partial charge in [-0.05, 0) is 24.6 Å². The first-order valence-electron chi connectivity index (χ1n) is 8.89. The number of benzene rings is 2. The molecule has 0 amide bonds. The van der Waals surface area contributed by atoms with Crippen LogP contribution < -0.4 is 5.32 Å². The lowest BCUT2D eigenvalue weighted by atomic mass is 9.99. The molecule has 2 aromatic rings. The van der Waals surface area contributed by atoms with E-state index in [-0.39, 0.29) is 18.1 Å². The summed E-state index contributed by atoms with van der Waals surface area (Å²) in [6.07, 6.45) is 0. The molecular formula is C21H24N2O3. The fourth-order valence-electron chi connectivity index (χ4n) is 3.05. The average Bonchev–Trinajstić information content (AvgIpc) is 2.67. The van der Waals surface area contributed by atoms with E-state index in [0.717, 1.165) is 24.3 Å². The van der Waals surface area contributed by atoms with Crippen LogP contribution in [0.2, 0.25) is 0 Å². The largest absolute Gasteiger partial charge is 0.379 e. The van der Waals surface area contributed by atoms with Crippen LogP contribution in [0.1, 0.15) is 26.3 Å². The molecule has 1 aliphatic rings. The molecule has 2 aromatic carbocycles. The van der Waals surface area contributed by atoms with E-state index >= 15 is 0 Å². The van der Waals surface area contributed by atoms with E-state index in [4.69, 9.17) is 4.74 Å². The average molecular weight is 352 g/mol. The zero-order chi connectivity index (χ0) is 18.4. The summed E-state index contributed by atoms with van der Waals surface area (Å²) in [5.74, 6) is -0.108. The number of ether oxygens (including phenoxy) is 1. The molecule has 0 spiro atoms. The van der Waals surface area contributed by atoms with Crippen LogP contribution in [0.25, 0.3) is 0 Å². The normalized spacial score (nSPS) is 14.8. The molecule has 1 aliphatic heterocycles. The number of rotatable bonds is 7. The number of nitrogens with one attached hydrogen (secondary N) is 1. The molecule has 0 unspecified atom stereocenters. The van der Waals surface area contributed by atoms with Crippen molar-refractivity contribution in [1.82, 2.24) is 4.90 Å². The number of hydrogen-bond acceptors (Lipinski definition) is 5. The highest BCUT2D eigenvalue weighted by Gasteiger charge is 2.20. The third-order valence-corrected chi connectivity index (χ3v) is 4.47.